The van der Waals surface area contributed by atoms with Crippen molar-refractivity contribution in [2.75, 3.05) is 26.3 Å². The lowest BCUT2D eigenvalue weighted by molar-refractivity contribution is -0.132. The highest BCUT2D eigenvalue weighted by molar-refractivity contribution is 5.98. The lowest BCUT2D eigenvalue weighted by atomic mass is 9.88. The number of rotatable bonds is 6. The smallest absolute Gasteiger partial charge is 0.223 e. The Kier molecular flexibility index (Phi) is 6.34. The van der Waals surface area contributed by atoms with Gasteiger partial charge in [-0.2, -0.15) is 0 Å². The minimum absolute atomic E-state index is 0.0362. The number of amides is 1. The molecule has 176 valence electrons. The number of aryl methyl sites for hydroxylation is 1. The standard InChI is InChI=1S/C27H26FNO5/c28-22-4-2-1-3-21(22)23-9-6-20(34-23)7-10-26(30)29-13-11-18(12-14-29)27(31)19-5-8-24-25(17-19)33-16-15-32-24/h1-6,8-9,17-18H,7,10-16H2. The summed E-state index contributed by atoms with van der Waals surface area (Å²) < 4.78 is 30.8. The van der Waals surface area contributed by atoms with Crippen molar-refractivity contribution in [1.82, 2.24) is 4.90 Å². The number of fused-ring (bicyclic) bond motifs is 1. The molecular weight excluding hydrogens is 437 g/mol. The molecule has 1 saturated heterocycles. The third-order valence-corrected chi connectivity index (χ3v) is 6.43. The van der Waals surface area contributed by atoms with Gasteiger partial charge in [0.25, 0.3) is 0 Å². The van der Waals surface area contributed by atoms with Crippen molar-refractivity contribution >= 4 is 11.7 Å². The molecule has 1 aromatic heterocycles. The lowest BCUT2D eigenvalue weighted by Crippen LogP contribution is -2.40. The normalized spacial score (nSPS) is 15.9. The molecule has 6 nitrogen and oxygen atoms in total. The summed E-state index contributed by atoms with van der Waals surface area (Å²) in [5.74, 6) is 2.05. The monoisotopic (exact) mass is 463 g/mol. The van der Waals surface area contributed by atoms with Crippen molar-refractivity contribution in [2.45, 2.75) is 25.7 Å². The van der Waals surface area contributed by atoms with Crippen LogP contribution in [0.4, 0.5) is 4.39 Å². The van der Waals surface area contributed by atoms with E-state index in [0.29, 0.717) is 86.1 Å². The van der Waals surface area contributed by atoms with Crippen LogP contribution >= 0.6 is 0 Å². The number of ether oxygens (including phenoxy) is 2. The summed E-state index contributed by atoms with van der Waals surface area (Å²) in [5.41, 5.74) is 1.03. The molecule has 34 heavy (non-hydrogen) atoms. The van der Waals surface area contributed by atoms with Gasteiger partial charge in [0.15, 0.2) is 17.3 Å². The highest BCUT2D eigenvalue weighted by Crippen LogP contribution is 2.33. The Labute approximate surface area is 197 Å². The van der Waals surface area contributed by atoms with Crippen molar-refractivity contribution in [1.29, 1.82) is 0 Å². The maximum atomic E-state index is 14.0. The fourth-order valence-electron chi connectivity index (χ4n) is 4.53. The molecule has 0 atom stereocenters. The number of furan rings is 1. The number of ketones is 1. The fourth-order valence-corrected chi connectivity index (χ4v) is 4.53. The molecule has 0 aliphatic carbocycles. The number of likely N-dealkylation sites (tertiary alicyclic amines) is 1. The molecule has 0 N–H and O–H groups in total. The number of Topliss-reactive ketones (excluding diaryl/α,β-unsaturated/α-hetero) is 1. The van der Waals surface area contributed by atoms with Gasteiger partial charge in [0.05, 0.1) is 5.56 Å². The number of carbonyl (C=O) groups excluding carboxylic acids is 2. The highest BCUT2D eigenvalue weighted by Gasteiger charge is 2.28. The molecule has 5 rings (SSSR count). The van der Waals surface area contributed by atoms with E-state index in [2.05, 4.69) is 0 Å². The summed E-state index contributed by atoms with van der Waals surface area (Å²) in [6.07, 6.45) is 2.03. The molecule has 2 aromatic carbocycles. The zero-order valence-corrected chi connectivity index (χ0v) is 18.8. The van der Waals surface area contributed by atoms with Gasteiger partial charge in [-0.25, -0.2) is 4.39 Å². The minimum atomic E-state index is -0.340. The van der Waals surface area contributed by atoms with Crippen molar-refractivity contribution in [3.8, 4) is 22.8 Å². The van der Waals surface area contributed by atoms with Crippen molar-refractivity contribution in [3.63, 3.8) is 0 Å². The van der Waals surface area contributed by atoms with Crippen LogP contribution in [-0.2, 0) is 11.2 Å². The molecule has 1 fully saturated rings. The van der Waals surface area contributed by atoms with Gasteiger partial charge in [-0.05, 0) is 55.3 Å². The Morgan fingerprint density at radius 1 is 0.941 bits per heavy atom. The second-order valence-electron chi connectivity index (χ2n) is 8.62. The van der Waals surface area contributed by atoms with Gasteiger partial charge in [0.2, 0.25) is 5.91 Å². The fraction of sp³-hybridized carbons (Fsp3) is 0.333. The second kappa shape index (κ2) is 9.71. The Balaban J connectivity index is 1.12. The van der Waals surface area contributed by atoms with Crippen LogP contribution in [-0.4, -0.2) is 42.9 Å². The maximum Gasteiger partial charge on any atom is 0.223 e. The van der Waals surface area contributed by atoms with Crippen LogP contribution in [0.15, 0.2) is 59.0 Å². The van der Waals surface area contributed by atoms with E-state index >= 15 is 0 Å². The summed E-state index contributed by atoms with van der Waals surface area (Å²) in [5, 5.41) is 0. The molecular formula is C27H26FNO5. The van der Waals surface area contributed by atoms with E-state index in [0.717, 1.165) is 0 Å². The molecule has 1 amide bonds. The van der Waals surface area contributed by atoms with Crippen LogP contribution in [0.5, 0.6) is 11.5 Å². The molecule has 0 spiro atoms. The maximum absolute atomic E-state index is 14.0. The summed E-state index contributed by atoms with van der Waals surface area (Å²) >= 11 is 0. The zero-order chi connectivity index (χ0) is 23.5. The van der Waals surface area contributed by atoms with E-state index in [1.54, 1.807) is 48.5 Å². The van der Waals surface area contributed by atoms with Gasteiger partial charge in [-0.1, -0.05) is 12.1 Å². The second-order valence-corrected chi connectivity index (χ2v) is 8.62. The number of carbonyl (C=O) groups is 2. The molecule has 3 heterocycles. The van der Waals surface area contributed by atoms with Crippen LogP contribution in [0.25, 0.3) is 11.3 Å². The van der Waals surface area contributed by atoms with Crippen LogP contribution in [0.3, 0.4) is 0 Å². The molecule has 0 saturated carbocycles. The third-order valence-electron chi connectivity index (χ3n) is 6.43. The highest BCUT2D eigenvalue weighted by atomic mass is 19.1. The molecule has 2 aliphatic rings. The predicted molar refractivity (Wildman–Crippen MR) is 123 cm³/mol. The Hall–Kier alpha value is -3.61. The number of benzene rings is 2. The quantitative estimate of drug-likeness (QED) is 0.486. The number of nitrogens with zero attached hydrogens (tertiary/aromatic N) is 1. The Morgan fingerprint density at radius 3 is 2.50 bits per heavy atom. The lowest BCUT2D eigenvalue weighted by Gasteiger charge is -2.31. The summed E-state index contributed by atoms with van der Waals surface area (Å²) in [4.78, 5) is 27.5. The van der Waals surface area contributed by atoms with Gasteiger partial charge >= 0.3 is 0 Å². The van der Waals surface area contributed by atoms with E-state index < -0.39 is 0 Å². The van der Waals surface area contributed by atoms with Crippen LogP contribution in [0.1, 0.15) is 35.4 Å². The first-order valence-corrected chi connectivity index (χ1v) is 11.6. The molecule has 3 aromatic rings. The van der Waals surface area contributed by atoms with Crippen LogP contribution < -0.4 is 9.47 Å². The minimum Gasteiger partial charge on any atom is -0.486 e. The number of halogens is 1. The third kappa shape index (κ3) is 4.69. The van der Waals surface area contributed by atoms with E-state index in [1.807, 2.05) is 4.90 Å². The van der Waals surface area contributed by atoms with Crippen LogP contribution in [0.2, 0.25) is 0 Å². The van der Waals surface area contributed by atoms with Crippen molar-refractivity contribution in [3.05, 3.63) is 71.7 Å². The molecule has 2 aliphatic heterocycles. The largest absolute Gasteiger partial charge is 0.486 e. The number of hydrogen-bond donors (Lipinski definition) is 0. The van der Waals surface area contributed by atoms with E-state index in [1.165, 1.54) is 6.07 Å². The summed E-state index contributed by atoms with van der Waals surface area (Å²) in [6, 6.07) is 15.3. The molecule has 0 unspecified atom stereocenters. The zero-order valence-electron chi connectivity index (χ0n) is 18.8. The molecule has 0 bridgehead atoms. The predicted octanol–water partition coefficient (Wildman–Crippen LogP) is 4.91. The van der Waals surface area contributed by atoms with E-state index in [9.17, 15) is 14.0 Å². The van der Waals surface area contributed by atoms with Crippen molar-refractivity contribution < 1.29 is 27.9 Å². The van der Waals surface area contributed by atoms with Gasteiger partial charge in [0, 0.05) is 37.4 Å². The SMILES string of the molecule is O=C(c1ccc2c(c1)OCCO2)C1CCN(C(=O)CCc2ccc(-c3ccccc3F)o2)CC1. The average molecular weight is 464 g/mol. The van der Waals surface area contributed by atoms with E-state index in [-0.39, 0.29) is 23.4 Å². The molecule has 7 heteroatoms. The Morgan fingerprint density at radius 2 is 1.71 bits per heavy atom. The van der Waals surface area contributed by atoms with Gasteiger partial charge in [-0.15, -0.1) is 0 Å². The average Bonchev–Trinajstić information content (AvgIpc) is 3.35. The van der Waals surface area contributed by atoms with Gasteiger partial charge in [-0.3, -0.25) is 9.59 Å². The molecule has 0 radical (unpaired) electrons. The first-order chi connectivity index (χ1) is 16.6. The van der Waals surface area contributed by atoms with Crippen LogP contribution in [0, 0.1) is 11.7 Å². The van der Waals surface area contributed by atoms with Crippen molar-refractivity contribution in [2.24, 2.45) is 5.92 Å². The first-order valence-electron chi connectivity index (χ1n) is 11.6. The van der Waals surface area contributed by atoms with Gasteiger partial charge < -0.3 is 18.8 Å². The Bertz CT molecular complexity index is 1200. The summed E-state index contributed by atoms with van der Waals surface area (Å²) in [6.45, 7) is 2.10. The summed E-state index contributed by atoms with van der Waals surface area (Å²) in [7, 11) is 0. The topological polar surface area (TPSA) is 69.0 Å². The number of hydrogen-bond acceptors (Lipinski definition) is 5. The van der Waals surface area contributed by atoms with Gasteiger partial charge in [0.1, 0.15) is 30.6 Å². The number of piperidine rings is 1. The van der Waals surface area contributed by atoms with E-state index in [4.69, 9.17) is 13.9 Å². The first kappa shape index (κ1) is 22.2.